The molecule has 1 heteroatoms. The Kier molecular flexibility index (Phi) is 6.35. The van der Waals surface area contributed by atoms with Gasteiger partial charge in [-0.2, -0.15) is 0 Å². The second-order valence-corrected chi connectivity index (χ2v) is 12.4. The molecule has 0 aromatic rings. The van der Waals surface area contributed by atoms with Crippen molar-refractivity contribution in [3.8, 4) is 0 Å². The molecule has 0 aromatic carbocycles. The molecule has 0 bridgehead atoms. The van der Waals surface area contributed by atoms with Gasteiger partial charge in [-0.05, 0) is 110 Å². The van der Waals surface area contributed by atoms with E-state index in [1.54, 1.807) is 5.57 Å². The third kappa shape index (κ3) is 3.66. The second-order valence-electron chi connectivity index (χ2n) is 12.4. The van der Waals surface area contributed by atoms with Crippen molar-refractivity contribution in [2.24, 2.45) is 52.3 Å². The second kappa shape index (κ2) is 8.42. The Hall–Kier alpha value is -0.560. The van der Waals surface area contributed by atoms with Gasteiger partial charge in [-0.15, -0.1) is 0 Å². The number of aliphatic hydroxyl groups is 1. The van der Waals surface area contributed by atoms with Crippen molar-refractivity contribution in [1.29, 1.82) is 0 Å². The minimum Gasteiger partial charge on any atom is -0.393 e. The third-order valence-electron chi connectivity index (χ3n) is 10.8. The Morgan fingerprint density at radius 3 is 2.50 bits per heavy atom. The van der Waals surface area contributed by atoms with Crippen LogP contribution < -0.4 is 0 Å². The van der Waals surface area contributed by atoms with Crippen LogP contribution in [-0.2, 0) is 0 Å². The van der Waals surface area contributed by atoms with E-state index in [-0.39, 0.29) is 6.10 Å². The fourth-order valence-corrected chi connectivity index (χ4v) is 8.83. The summed E-state index contributed by atoms with van der Waals surface area (Å²) in [4.78, 5) is 0. The van der Waals surface area contributed by atoms with Crippen LogP contribution in [0.25, 0.3) is 0 Å². The van der Waals surface area contributed by atoms with Gasteiger partial charge in [0.25, 0.3) is 0 Å². The van der Waals surface area contributed by atoms with Gasteiger partial charge >= 0.3 is 0 Å². The topological polar surface area (TPSA) is 20.2 Å². The van der Waals surface area contributed by atoms with E-state index in [1.807, 2.05) is 0 Å². The van der Waals surface area contributed by atoms with Gasteiger partial charge in [0.15, 0.2) is 0 Å². The highest BCUT2D eigenvalue weighted by atomic mass is 16.3. The fraction of sp³-hybridized carbons (Fsp3) is 0.862. The summed E-state index contributed by atoms with van der Waals surface area (Å²) in [6.07, 6.45) is 19.1. The van der Waals surface area contributed by atoms with Crippen LogP contribution in [-0.4, -0.2) is 11.2 Å². The number of aliphatic hydroxyl groups excluding tert-OH is 1. The molecule has 170 valence electrons. The van der Waals surface area contributed by atoms with E-state index in [9.17, 15) is 5.11 Å². The average Bonchev–Trinajstić information content (AvgIpc) is 3.06. The summed E-state index contributed by atoms with van der Waals surface area (Å²) in [6, 6.07) is 0. The molecular weight excluding hydrogens is 364 g/mol. The van der Waals surface area contributed by atoms with Crippen LogP contribution in [0.3, 0.4) is 0 Å². The van der Waals surface area contributed by atoms with Crippen molar-refractivity contribution in [1.82, 2.24) is 0 Å². The number of hydrogen-bond donors (Lipinski definition) is 1. The van der Waals surface area contributed by atoms with Gasteiger partial charge in [-0.3, -0.25) is 0 Å². The van der Waals surface area contributed by atoms with Gasteiger partial charge in [0.1, 0.15) is 0 Å². The molecule has 30 heavy (non-hydrogen) atoms. The van der Waals surface area contributed by atoms with Crippen molar-refractivity contribution in [3.63, 3.8) is 0 Å². The van der Waals surface area contributed by atoms with Crippen molar-refractivity contribution in [2.75, 3.05) is 0 Å². The molecule has 4 rings (SSSR count). The molecule has 0 spiro atoms. The summed E-state index contributed by atoms with van der Waals surface area (Å²) >= 11 is 0. The maximum absolute atomic E-state index is 10.2. The normalized spacial score (nSPS) is 45.6. The predicted octanol–water partition coefficient (Wildman–Crippen LogP) is 7.80. The minimum atomic E-state index is -0.0870. The highest BCUT2D eigenvalue weighted by Gasteiger charge is 2.58. The first-order chi connectivity index (χ1) is 14.2. The summed E-state index contributed by atoms with van der Waals surface area (Å²) in [6.45, 7) is 14.8. The van der Waals surface area contributed by atoms with E-state index < -0.39 is 0 Å². The molecule has 1 N–H and O–H groups in total. The highest BCUT2D eigenvalue weighted by molar-refractivity contribution is 5.25. The molecule has 3 fully saturated rings. The maximum Gasteiger partial charge on any atom is 0.0577 e. The average molecular weight is 413 g/mol. The summed E-state index contributed by atoms with van der Waals surface area (Å²) in [5.74, 6) is 5.70. The van der Waals surface area contributed by atoms with Gasteiger partial charge in [0, 0.05) is 0 Å². The number of hydrogen-bond acceptors (Lipinski definition) is 1. The van der Waals surface area contributed by atoms with Crippen molar-refractivity contribution < 1.29 is 5.11 Å². The molecule has 0 radical (unpaired) electrons. The molecule has 9 atom stereocenters. The fourth-order valence-electron chi connectivity index (χ4n) is 8.83. The Labute approximate surface area is 186 Å². The quantitative estimate of drug-likeness (QED) is 0.457. The van der Waals surface area contributed by atoms with Crippen molar-refractivity contribution >= 4 is 0 Å². The predicted molar refractivity (Wildman–Crippen MR) is 128 cm³/mol. The standard InChI is InChI=1S/C29H48O/c1-7-21(19(2)3)9-8-20(4)25-12-13-26-24-11-10-22-18-23(30)14-16-28(22,5)27(24)15-17-29(25,26)6/h8-10,19-21,23-27,30H,7,11-18H2,1-6H3/b9-8-/t20-,21+,23-,24+,25-,26-,27-,28-,29+/m0/s1. The Morgan fingerprint density at radius 2 is 1.80 bits per heavy atom. The minimum absolute atomic E-state index is 0.0870. The summed E-state index contributed by atoms with van der Waals surface area (Å²) < 4.78 is 0. The molecule has 1 nitrogen and oxygen atoms in total. The van der Waals surface area contributed by atoms with E-state index >= 15 is 0 Å². The van der Waals surface area contributed by atoms with Crippen LogP contribution >= 0.6 is 0 Å². The zero-order valence-electron chi connectivity index (χ0n) is 20.7. The first kappa shape index (κ1) is 22.6. The van der Waals surface area contributed by atoms with Crippen LogP contribution in [0.1, 0.15) is 99.3 Å². The molecule has 3 saturated carbocycles. The number of rotatable bonds is 5. The lowest BCUT2D eigenvalue weighted by Gasteiger charge is -2.58. The third-order valence-corrected chi connectivity index (χ3v) is 10.8. The van der Waals surface area contributed by atoms with Gasteiger partial charge in [0.2, 0.25) is 0 Å². The molecule has 0 aliphatic heterocycles. The Bertz CT molecular complexity index is 674. The number of allylic oxidation sites excluding steroid dienone is 3. The molecule has 0 unspecified atom stereocenters. The van der Waals surface area contributed by atoms with Crippen LogP contribution in [0.2, 0.25) is 0 Å². The lowest BCUT2D eigenvalue weighted by atomic mass is 9.47. The van der Waals surface area contributed by atoms with Crippen LogP contribution in [0, 0.1) is 52.3 Å². The maximum atomic E-state index is 10.2. The summed E-state index contributed by atoms with van der Waals surface area (Å²) in [5, 5.41) is 10.2. The molecule has 0 amide bonds. The molecule has 4 aliphatic rings. The largest absolute Gasteiger partial charge is 0.393 e. The van der Waals surface area contributed by atoms with Crippen LogP contribution in [0.4, 0.5) is 0 Å². The molecule has 0 aromatic heterocycles. The van der Waals surface area contributed by atoms with E-state index in [0.29, 0.717) is 16.7 Å². The zero-order chi connectivity index (χ0) is 21.7. The van der Waals surface area contributed by atoms with Crippen molar-refractivity contribution in [2.45, 2.75) is 105 Å². The van der Waals surface area contributed by atoms with E-state index in [2.05, 4.69) is 59.8 Å². The summed E-state index contributed by atoms with van der Waals surface area (Å²) in [7, 11) is 0. The molecule has 0 heterocycles. The molecule has 0 saturated heterocycles. The summed E-state index contributed by atoms with van der Waals surface area (Å²) in [5.41, 5.74) is 2.51. The SMILES string of the molecule is CC[C@H](/C=C\[C@H](C)[C@@H]1CC[C@H]2[C@H]3CC=C4C[C@@H](O)CC[C@]4(C)[C@H]3CC[C@@]21C)C(C)C. The van der Waals surface area contributed by atoms with Gasteiger partial charge < -0.3 is 5.11 Å². The smallest absolute Gasteiger partial charge is 0.0577 e. The Morgan fingerprint density at radius 1 is 1.03 bits per heavy atom. The van der Waals surface area contributed by atoms with Crippen LogP contribution in [0.5, 0.6) is 0 Å². The van der Waals surface area contributed by atoms with Crippen LogP contribution in [0.15, 0.2) is 23.8 Å². The zero-order valence-corrected chi connectivity index (χ0v) is 20.7. The Balaban J connectivity index is 1.52. The van der Waals surface area contributed by atoms with E-state index in [1.165, 1.54) is 44.9 Å². The monoisotopic (exact) mass is 412 g/mol. The van der Waals surface area contributed by atoms with Gasteiger partial charge in [-0.25, -0.2) is 0 Å². The van der Waals surface area contributed by atoms with E-state index in [0.717, 1.165) is 48.3 Å². The highest BCUT2D eigenvalue weighted by Crippen LogP contribution is 2.67. The first-order valence-electron chi connectivity index (χ1n) is 13.3. The lowest BCUT2D eigenvalue weighted by molar-refractivity contribution is -0.0540. The van der Waals surface area contributed by atoms with E-state index in [4.69, 9.17) is 0 Å². The molecule has 4 aliphatic carbocycles. The first-order valence-corrected chi connectivity index (χ1v) is 13.3. The molecular formula is C29H48O. The van der Waals surface area contributed by atoms with Gasteiger partial charge in [-0.1, -0.05) is 65.3 Å². The lowest BCUT2D eigenvalue weighted by Crippen LogP contribution is -2.50. The van der Waals surface area contributed by atoms with Gasteiger partial charge in [0.05, 0.1) is 6.10 Å². The number of fused-ring (bicyclic) bond motifs is 5. The van der Waals surface area contributed by atoms with Crippen molar-refractivity contribution in [3.05, 3.63) is 23.8 Å².